The molecule has 0 radical (unpaired) electrons. The van der Waals surface area contributed by atoms with Crippen LogP contribution in [0.25, 0.3) is 0 Å². The van der Waals surface area contributed by atoms with Gasteiger partial charge in [0.2, 0.25) is 0 Å². The number of alkyl halides is 4. The molecule has 2 atom stereocenters. The Bertz CT molecular complexity index is 590. The van der Waals surface area contributed by atoms with Gasteiger partial charge < -0.3 is 10.2 Å². The standard InChI is InChI=1S/C17H20F4N2O.ClH/c18-16(6-8-22-9-7-16)11-23(15(24)17(19,20)21)14-10-13(14)12-4-2-1-3-5-12;/h1-5,13-14,22H,6-11H2;1H. The van der Waals surface area contributed by atoms with Gasteiger partial charge in [0.1, 0.15) is 5.67 Å². The van der Waals surface area contributed by atoms with Gasteiger partial charge in [0, 0.05) is 12.0 Å². The minimum atomic E-state index is -4.98. The minimum absolute atomic E-state index is 0. The van der Waals surface area contributed by atoms with E-state index in [4.69, 9.17) is 0 Å². The van der Waals surface area contributed by atoms with Gasteiger partial charge in [-0.1, -0.05) is 30.3 Å². The van der Waals surface area contributed by atoms with Gasteiger partial charge in [-0.15, -0.1) is 12.4 Å². The zero-order chi connectivity index (χ0) is 17.4. The zero-order valence-corrected chi connectivity index (χ0v) is 14.4. The van der Waals surface area contributed by atoms with E-state index in [2.05, 4.69) is 5.32 Å². The van der Waals surface area contributed by atoms with E-state index < -0.39 is 30.3 Å². The van der Waals surface area contributed by atoms with E-state index in [1.807, 2.05) is 30.3 Å². The minimum Gasteiger partial charge on any atom is -0.328 e. The summed E-state index contributed by atoms with van der Waals surface area (Å²) >= 11 is 0. The number of hydrogen-bond donors (Lipinski definition) is 1. The Labute approximate surface area is 150 Å². The van der Waals surface area contributed by atoms with E-state index >= 15 is 0 Å². The number of nitrogens with zero attached hydrogens (tertiary/aromatic N) is 1. The van der Waals surface area contributed by atoms with Crippen molar-refractivity contribution in [2.24, 2.45) is 0 Å². The number of carbonyl (C=O) groups excluding carboxylic acids is 1. The van der Waals surface area contributed by atoms with Crippen molar-refractivity contribution < 1.29 is 22.4 Å². The molecule has 1 saturated carbocycles. The van der Waals surface area contributed by atoms with Gasteiger partial charge in [-0.25, -0.2) is 4.39 Å². The fourth-order valence-electron chi connectivity index (χ4n) is 3.43. The Balaban J connectivity index is 0.00000225. The first kappa shape index (κ1) is 20.0. The van der Waals surface area contributed by atoms with Crippen LogP contribution in [0.15, 0.2) is 30.3 Å². The molecule has 0 spiro atoms. The molecule has 1 heterocycles. The fraction of sp³-hybridized carbons (Fsp3) is 0.588. The third-order valence-corrected chi connectivity index (χ3v) is 4.84. The van der Waals surface area contributed by atoms with Crippen molar-refractivity contribution in [3.63, 3.8) is 0 Å². The quantitative estimate of drug-likeness (QED) is 0.811. The monoisotopic (exact) mass is 380 g/mol. The highest BCUT2D eigenvalue weighted by atomic mass is 35.5. The SMILES string of the molecule is Cl.O=C(N(CC1(F)CCNCC1)C1CC1c1ccccc1)C(F)(F)F. The third-order valence-electron chi connectivity index (χ3n) is 4.84. The van der Waals surface area contributed by atoms with Crippen molar-refractivity contribution in [3.05, 3.63) is 35.9 Å². The van der Waals surface area contributed by atoms with Gasteiger partial charge >= 0.3 is 12.1 Å². The van der Waals surface area contributed by atoms with Crippen LogP contribution in [0.2, 0.25) is 0 Å². The van der Waals surface area contributed by atoms with Crippen LogP contribution in [0.1, 0.15) is 30.7 Å². The number of rotatable bonds is 4. The van der Waals surface area contributed by atoms with Crippen LogP contribution < -0.4 is 5.32 Å². The zero-order valence-electron chi connectivity index (χ0n) is 13.6. The largest absolute Gasteiger partial charge is 0.471 e. The average Bonchev–Trinajstić information content (AvgIpc) is 3.33. The van der Waals surface area contributed by atoms with Gasteiger partial charge in [0.15, 0.2) is 0 Å². The van der Waals surface area contributed by atoms with Crippen LogP contribution in [-0.4, -0.2) is 48.3 Å². The van der Waals surface area contributed by atoms with E-state index in [1.165, 1.54) is 0 Å². The second kappa shape index (κ2) is 7.50. The maximum atomic E-state index is 14.9. The molecule has 0 aromatic heterocycles. The van der Waals surface area contributed by atoms with E-state index in [1.54, 1.807) is 0 Å². The fourth-order valence-corrected chi connectivity index (χ4v) is 3.43. The van der Waals surface area contributed by atoms with Gasteiger partial charge in [0.05, 0.1) is 6.54 Å². The summed E-state index contributed by atoms with van der Waals surface area (Å²) in [6.45, 7) is 0.343. The molecule has 1 saturated heterocycles. The summed E-state index contributed by atoms with van der Waals surface area (Å²) in [5.41, 5.74) is -0.864. The predicted molar refractivity (Wildman–Crippen MR) is 88.5 cm³/mol. The van der Waals surface area contributed by atoms with Crippen molar-refractivity contribution in [1.29, 1.82) is 0 Å². The third kappa shape index (κ3) is 4.64. The summed E-state index contributed by atoms with van der Waals surface area (Å²) in [7, 11) is 0. The molecule has 2 aliphatic rings. The van der Waals surface area contributed by atoms with Crippen molar-refractivity contribution in [2.75, 3.05) is 19.6 Å². The Morgan fingerprint density at radius 3 is 2.36 bits per heavy atom. The molecule has 8 heteroatoms. The molecule has 2 fully saturated rings. The van der Waals surface area contributed by atoms with Gasteiger partial charge in [-0.3, -0.25) is 4.79 Å². The van der Waals surface area contributed by atoms with Crippen molar-refractivity contribution in [3.8, 4) is 0 Å². The molecule has 2 unspecified atom stereocenters. The lowest BCUT2D eigenvalue weighted by Gasteiger charge is -2.36. The lowest BCUT2D eigenvalue weighted by molar-refractivity contribution is -0.188. The molecule has 1 aromatic carbocycles. The number of piperidine rings is 1. The molecule has 1 amide bonds. The summed E-state index contributed by atoms with van der Waals surface area (Å²) in [4.78, 5) is 12.6. The van der Waals surface area contributed by atoms with Crippen LogP contribution in [0, 0.1) is 0 Å². The van der Waals surface area contributed by atoms with E-state index in [9.17, 15) is 22.4 Å². The van der Waals surface area contributed by atoms with Gasteiger partial charge in [-0.05, 0) is 37.9 Å². The number of carbonyl (C=O) groups is 1. The second-order valence-corrected chi connectivity index (χ2v) is 6.65. The van der Waals surface area contributed by atoms with Crippen LogP contribution in [0.4, 0.5) is 17.6 Å². The van der Waals surface area contributed by atoms with Crippen LogP contribution in [0.5, 0.6) is 0 Å². The summed E-state index contributed by atoms with van der Waals surface area (Å²) in [5, 5.41) is 2.99. The summed E-state index contributed by atoms with van der Waals surface area (Å²) < 4.78 is 53.8. The lowest BCUT2D eigenvalue weighted by Crippen LogP contribution is -2.52. The lowest BCUT2D eigenvalue weighted by atomic mass is 9.93. The molecule has 1 N–H and O–H groups in total. The van der Waals surface area contributed by atoms with Crippen molar-refractivity contribution in [1.82, 2.24) is 10.2 Å². The topological polar surface area (TPSA) is 32.3 Å². The Hall–Kier alpha value is -1.34. The normalized spacial score (nSPS) is 25.0. The van der Waals surface area contributed by atoms with E-state index in [-0.39, 0.29) is 31.2 Å². The van der Waals surface area contributed by atoms with Gasteiger partial charge in [0.25, 0.3) is 0 Å². The Morgan fingerprint density at radius 1 is 1.20 bits per heavy atom. The molecule has 3 rings (SSSR count). The molecule has 25 heavy (non-hydrogen) atoms. The summed E-state index contributed by atoms with van der Waals surface area (Å²) in [6.07, 6.45) is -4.29. The molecular weight excluding hydrogens is 360 g/mol. The van der Waals surface area contributed by atoms with Crippen molar-refractivity contribution >= 4 is 18.3 Å². The van der Waals surface area contributed by atoms with E-state index in [0.29, 0.717) is 19.5 Å². The number of hydrogen-bond acceptors (Lipinski definition) is 2. The Kier molecular flexibility index (Phi) is 5.99. The first-order valence-corrected chi connectivity index (χ1v) is 8.13. The van der Waals surface area contributed by atoms with Crippen LogP contribution in [0.3, 0.4) is 0 Å². The molecule has 0 bridgehead atoms. The molecular formula is C17H21ClF4N2O. The molecule has 140 valence electrons. The summed E-state index contributed by atoms with van der Waals surface area (Å²) in [5.74, 6) is -2.08. The first-order chi connectivity index (χ1) is 11.3. The Morgan fingerprint density at radius 2 is 1.80 bits per heavy atom. The molecule has 1 aromatic rings. The average molecular weight is 381 g/mol. The number of halogens is 5. The van der Waals surface area contributed by atoms with Crippen molar-refractivity contribution in [2.45, 2.75) is 43.1 Å². The van der Waals surface area contributed by atoms with E-state index in [0.717, 1.165) is 10.5 Å². The number of amides is 1. The van der Waals surface area contributed by atoms with Crippen LogP contribution >= 0.6 is 12.4 Å². The maximum absolute atomic E-state index is 14.9. The summed E-state index contributed by atoms with van der Waals surface area (Å²) in [6, 6.07) is 8.52. The number of benzene rings is 1. The number of nitrogens with one attached hydrogen (secondary N) is 1. The highest BCUT2D eigenvalue weighted by molar-refractivity contribution is 5.85. The molecule has 1 aliphatic carbocycles. The second-order valence-electron chi connectivity index (χ2n) is 6.65. The smallest absolute Gasteiger partial charge is 0.328 e. The maximum Gasteiger partial charge on any atom is 0.471 e. The highest BCUT2D eigenvalue weighted by Gasteiger charge is 2.54. The van der Waals surface area contributed by atoms with Gasteiger partial charge in [-0.2, -0.15) is 13.2 Å². The molecule has 1 aliphatic heterocycles. The predicted octanol–water partition coefficient (Wildman–Crippen LogP) is 3.45. The first-order valence-electron chi connectivity index (χ1n) is 8.13. The van der Waals surface area contributed by atoms with Crippen LogP contribution in [-0.2, 0) is 4.79 Å². The highest BCUT2D eigenvalue weighted by Crippen LogP contribution is 2.46. The molecule has 3 nitrogen and oxygen atoms in total.